The van der Waals surface area contributed by atoms with Gasteiger partial charge >= 0.3 is 0 Å². The fourth-order valence-corrected chi connectivity index (χ4v) is 3.13. The van der Waals surface area contributed by atoms with Gasteiger partial charge < -0.3 is 9.80 Å². The molecule has 1 saturated heterocycles. The van der Waals surface area contributed by atoms with E-state index in [0.29, 0.717) is 44.2 Å². The van der Waals surface area contributed by atoms with E-state index in [1.807, 2.05) is 22.4 Å². The quantitative estimate of drug-likeness (QED) is 0.890. The van der Waals surface area contributed by atoms with E-state index in [0.717, 1.165) is 4.88 Å². The topological polar surface area (TPSA) is 82.2 Å². The van der Waals surface area contributed by atoms with Crippen molar-refractivity contribution < 1.29 is 4.79 Å². The number of carbonyl (C=O) groups is 1. The highest BCUT2D eigenvalue weighted by atomic mass is 32.1. The fourth-order valence-electron chi connectivity index (χ4n) is 2.42. The average molecular weight is 319 g/mol. The van der Waals surface area contributed by atoms with E-state index < -0.39 is 0 Å². The molecule has 1 aliphatic heterocycles. The van der Waals surface area contributed by atoms with Crippen LogP contribution in [0.15, 0.2) is 22.3 Å². The number of amides is 1. The smallest absolute Gasteiger partial charge is 0.274 e. The van der Waals surface area contributed by atoms with E-state index in [9.17, 15) is 9.59 Å². The molecule has 0 atom stereocenters. The molecular weight excluding hydrogens is 302 g/mol. The zero-order chi connectivity index (χ0) is 15.5. The van der Waals surface area contributed by atoms with Gasteiger partial charge in [0.1, 0.15) is 5.69 Å². The van der Waals surface area contributed by atoms with Crippen molar-refractivity contribution in [2.45, 2.75) is 13.3 Å². The Morgan fingerprint density at radius 2 is 2.09 bits per heavy atom. The lowest BCUT2D eigenvalue weighted by Crippen LogP contribution is -2.49. The first kappa shape index (κ1) is 14.7. The Morgan fingerprint density at radius 3 is 2.68 bits per heavy atom. The molecule has 0 aliphatic carbocycles. The monoisotopic (exact) mass is 319 g/mol. The van der Waals surface area contributed by atoms with Crippen molar-refractivity contribution in [3.8, 4) is 0 Å². The number of thiophene rings is 1. The summed E-state index contributed by atoms with van der Waals surface area (Å²) in [5.41, 5.74) is 0.223. The van der Waals surface area contributed by atoms with E-state index in [2.05, 4.69) is 15.2 Å². The molecule has 7 nitrogen and oxygen atoms in total. The van der Waals surface area contributed by atoms with Crippen LogP contribution in [-0.4, -0.2) is 52.2 Å². The highest BCUT2D eigenvalue weighted by Gasteiger charge is 2.20. The van der Waals surface area contributed by atoms with Crippen LogP contribution in [0.5, 0.6) is 0 Å². The molecule has 0 saturated carbocycles. The highest BCUT2D eigenvalue weighted by molar-refractivity contribution is 7.09. The number of rotatable bonds is 3. The van der Waals surface area contributed by atoms with Crippen LogP contribution in [0.4, 0.5) is 5.95 Å². The van der Waals surface area contributed by atoms with Crippen LogP contribution in [0, 0.1) is 0 Å². The van der Waals surface area contributed by atoms with Gasteiger partial charge in [-0.1, -0.05) is 6.07 Å². The number of H-pyrrole nitrogens is 1. The molecule has 1 fully saturated rings. The Balaban J connectivity index is 1.70. The van der Waals surface area contributed by atoms with Crippen molar-refractivity contribution in [3.05, 3.63) is 38.4 Å². The minimum absolute atomic E-state index is 0.0746. The second-order valence-corrected chi connectivity index (χ2v) is 6.21. The van der Waals surface area contributed by atoms with E-state index >= 15 is 0 Å². The van der Waals surface area contributed by atoms with Crippen molar-refractivity contribution in [3.63, 3.8) is 0 Å². The van der Waals surface area contributed by atoms with Crippen molar-refractivity contribution in [1.82, 2.24) is 20.1 Å². The number of hydrogen-bond acceptors (Lipinski definition) is 6. The SMILES string of the molecule is CC(=O)N1CCN(c2nnc(Cc3cccs3)c(=O)[nH]2)CC1. The Hall–Kier alpha value is -2.22. The van der Waals surface area contributed by atoms with Gasteiger partial charge in [0.05, 0.1) is 0 Å². The van der Waals surface area contributed by atoms with Gasteiger partial charge in [0.2, 0.25) is 11.9 Å². The van der Waals surface area contributed by atoms with E-state index in [1.165, 1.54) is 0 Å². The molecule has 2 aromatic heterocycles. The zero-order valence-corrected chi connectivity index (χ0v) is 13.1. The van der Waals surface area contributed by atoms with E-state index in [1.54, 1.807) is 23.2 Å². The summed E-state index contributed by atoms with van der Waals surface area (Å²) in [6.07, 6.45) is 0.498. The number of piperazine rings is 1. The number of aromatic amines is 1. The first-order valence-electron chi connectivity index (χ1n) is 7.12. The van der Waals surface area contributed by atoms with Gasteiger partial charge in [0, 0.05) is 44.4 Å². The van der Waals surface area contributed by atoms with Crippen LogP contribution in [0.3, 0.4) is 0 Å². The maximum Gasteiger partial charge on any atom is 0.274 e. The average Bonchev–Trinajstić information content (AvgIpc) is 3.02. The van der Waals surface area contributed by atoms with Crippen molar-refractivity contribution in [2.24, 2.45) is 0 Å². The minimum Gasteiger partial charge on any atom is -0.339 e. The number of aromatic nitrogens is 3. The van der Waals surface area contributed by atoms with Crippen LogP contribution in [-0.2, 0) is 11.2 Å². The second-order valence-electron chi connectivity index (χ2n) is 5.17. The molecule has 0 radical (unpaired) electrons. The Bertz CT molecular complexity index is 704. The molecule has 0 bridgehead atoms. The third-order valence-electron chi connectivity index (χ3n) is 3.70. The van der Waals surface area contributed by atoms with Crippen LogP contribution < -0.4 is 10.5 Å². The number of nitrogens with zero attached hydrogens (tertiary/aromatic N) is 4. The maximum atomic E-state index is 12.1. The van der Waals surface area contributed by atoms with Gasteiger partial charge in [0.25, 0.3) is 5.56 Å². The number of nitrogens with one attached hydrogen (secondary N) is 1. The van der Waals surface area contributed by atoms with Gasteiger partial charge in [0.15, 0.2) is 0 Å². The minimum atomic E-state index is -0.201. The fraction of sp³-hybridized carbons (Fsp3) is 0.429. The molecule has 0 unspecified atom stereocenters. The molecule has 1 amide bonds. The Kier molecular flexibility index (Phi) is 4.19. The summed E-state index contributed by atoms with van der Waals surface area (Å²) in [4.78, 5) is 31.1. The van der Waals surface area contributed by atoms with Crippen molar-refractivity contribution in [1.29, 1.82) is 0 Å². The van der Waals surface area contributed by atoms with E-state index in [-0.39, 0.29) is 11.5 Å². The van der Waals surface area contributed by atoms with Gasteiger partial charge in [-0.15, -0.1) is 21.5 Å². The Labute approximate surface area is 131 Å². The molecule has 1 aliphatic rings. The van der Waals surface area contributed by atoms with Crippen LogP contribution in [0.25, 0.3) is 0 Å². The molecule has 3 heterocycles. The van der Waals surface area contributed by atoms with Crippen LogP contribution in [0.2, 0.25) is 0 Å². The normalized spacial score (nSPS) is 15.1. The van der Waals surface area contributed by atoms with Gasteiger partial charge in [-0.25, -0.2) is 0 Å². The number of anilines is 1. The largest absolute Gasteiger partial charge is 0.339 e. The van der Waals surface area contributed by atoms with Crippen molar-refractivity contribution >= 4 is 23.2 Å². The molecule has 1 N–H and O–H groups in total. The molecule has 8 heteroatoms. The summed E-state index contributed by atoms with van der Waals surface area (Å²) in [6.45, 7) is 4.13. The Morgan fingerprint density at radius 1 is 1.32 bits per heavy atom. The summed E-state index contributed by atoms with van der Waals surface area (Å²) in [7, 11) is 0. The van der Waals surface area contributed by atoms with Crippen molar-refractivity contribution in [2.75, 3.05) is 31.1 Å². The summed E-state index contributed by atoms with van der Waals surface area (Å²) in [6, 6.07) is 3.92. The molecule has 22 heavy (non-hydrogen) atoms. The first-order valence-corrected chi connectivity index (χ1v) is 8.00. The number of hydrogen-bond donors (Lipinski definition) is 1. The lowest BCUT2D eigenvalue weighted by atomic mass is 10.3. The summed E-state index contributed by atoms with van der Waals surface area (Å²) < 4.78 is 0. The predicted molar refractivity (Wildman–Crippen MR) is 84.2 cm³/mol. The number of carbonyl (C=O) groups excluding carboxylic acids is 1. The third kappa shape index (κ3) is 3.16. The molecular formula is C14H17N5O2S. The van der Waals surface area contributed by atoms with Crippen LogP contribution in [0.1, 0.15) is 17.5 Å². The maximum absolute atomic E-state index is 12.1. The highest BCUT2D eigenvalue weighted by Crippen LogP contribution is 2.12. The molecule has 0 aromatic carbocycles. The van der Waals surface area contributed by atoms with Crippen LogP contribution >= 0.6 is 11.3 Å². The molecule has 3 rings (SSSR count). The summed E-state index contributed by atoms with van der Waals surface area (Å²) >= 11 is 1.59. The van der Waals surface area contributed by atoms with Gasteiger partial charge in [-0.3, -0.25) is 14.6 Å². The first-order chi connectivity index (χ1) is 10.6. The van der Waals surface area contributed by atoms with Gasteiger partial charge in [-0.05, 0) is 11.4 Å². The molecule has 2 aromatic rings. The standard InChI is InChI=1S/C14H17N5O2S/c1-10(20)18-4-6-19(7-5-18)14-15-13(21)12(16-17-14)9-11-3-2-8-22-11/h2-3,8H,4-7,9H2,1H3,(H,15,17,21). The zero-order valence-electron chi connectivity index (χ0n) is 12.3. The predicted octanol–water partition coefficient (Wildman–Crippen LogP) is 0.486. The third-order valence-corrected chi connectivity index (χ3v) is 4.58. The van der Waals surface area contributed by atoms with E-state index in [4.69, 9.17) is 0 Å². The molecule has 116 valence electrons. The molecule has 0 spiro atoms. The summed E-state index contributed by atoms with van der Waals surface area (Å²) in [5, 5.41) is 10.2. The lowest BCUT2D eigenvalue weighted by Gasteiger charge is -2.34. The summed E-state index contributed by atoms with van der Waals surface area (Å²) in [5.74, 6) is 0.550. The van der Waals surface area contributed by atoms with Gasteiger partial charge in [-0.2, -0.15) is 0 Å². The second kappa shape index (κ2) is 6.27. The lowest BCUT2D eigenvalue weighted by molar-refractivity contribution is -0.129.